The first-order valence-corrected chi connectivity index (χ1v) is 8.53. The van der Waals surface area contributed by atoms with E-state index in [1.54, 1.807) is 6.20 Å². The molecule has 0 aromatic carbocycles. The number of fused-ring (bicyclic) bond motifs is 1. The molecule has 0 fully saturated rings. The van der Waals surface area contributed by atoms with Crippen LogP contribution in [-0.2, 0) is 6.42 Å². The first kappa shape index (κ1) is 16.2. The van der Waals surface area contributed by atoms with Crippen LogP contribution < -0.4 is 5.32 Å². The lowest BCUT2D eigenvalue weighted by Gasteiger charge is -2.05. The van der Waals surface area contributed by atoms with Gasteiger partial charge < -0.3 is 9.84 Å². The number of nitrogens with zero attached hydrogens (tertiary/aromatic N) is 6. The van der Waals surface area contributed by atoms with Crippen molar-refractivity contribution in [3.63, 3.8) is 0 Å². The Hall–Kier alpha value is -3.29. The molecule has 0 atom stereocenters. The predicted octanol–water partition coefficient (Wildman–Crippen LogP) is 2.95. The summed E-state index contributed by atoms with van der Waals surface area (Å²) < 4.78 is 7.32. The Morgan fingerprint density at radius 2 is 2.12 bits per heavy atom. The molecule has 0 aliphatic carbocycles. The number of nitrogens with one attached hydrogen (secondary N) is 1. The van der Waals surface area contributed by atoms with Gasteiger partial charge in [-0.1, -0.05) is 25.1 Å². The molecule has 0 amide bonds. The fraction of sp³-hybridized carbons (Fsp3) is 0.278. The summed E-state index contributed by atoms with van der Waals surface area (Å²) in [6.07, 6.45) is 4.42. The minimum absolute atomic E-state index is 0.227. The fourth-order valence-corrected chi connectivity index (χ4v) is 2.61. The molecule has 0 aliphatic heterocycles. The minimum atomic E-state index is 0.227. The Balaban J connectivity index is 1.44. The lowest BCUT2D eigenvalue weighted by Crippen LogP contribution is -2.08. The number of anilines is 1. The first-order valence-electron chi connectivity index (χ1n) is 8.53. The van der Waals surface area contributed by atoms with Gasteiger partial charge in [-0.05, 0) is 24.3 Å². The molecule has 8 nitrogen and oxygen atoms in total. The molecule has 4 heterocycles. The second-order valence-corrected chi connectivity index (χ2v) is 6.26. The Morgan fingerprint density at radius 1 is 1.19 bits per heavy atom. The van der Waals surface area contributed by atoms with Crippen LogP contribution in [0.2, 0.25) is 0 Å². The van der Waals surface area contributed by atoms with Crippen LogP contribution in [0.25, 0.3) is 17.1 Å². The van der Waals surface area contributed by atoms with Gasteiger partial charge in [-0.25, -0.2) is 4.98 Å². The highest BCUT2D eigenvalue weighted by Crippen LogP contribution is 2.21. The molecule has 8 heteroatoms. The van der Waals surface area contributed by atoms with Crippen molar-refractivity contribution in [3.8, 4) is 11.5 Å². The summed E-state index contributed by atoms with van der Waals surface area (Å²) >= 11 is 0. The Morgan fingerprint density at radius 3 is 2.96 bits per heavy atom. The van der Waals surface area contributed by atoms with Gasteiger partial charge in [0.15, 0.2) is 11.5 Å². The van der Waals surface area contributed by atoms with Gasteiger partial charge in [0.25, 0.3) is 5.89 Å². The highest BCUT2D eigenvalue weighted by molar-refractivity contribution is 5.57. The van der Waals surface area contributed by atoms with Crippen LogP contribution in [0.15, 0.2) is 47.2 Å². The summed E-state index contributed by atoms with van der Waals surface area (Å²) in [5.74, 6) is 3.08. The third-order valence-electron chi connectivity index (χ3n) is 4.00. The molecule has 0 saturated carbocycles. The third-order valence-corrected chi connectivity index (χ3v) is 4.00. The van der Waals surface area contributed by atoms with E-state index in [0.29, 0.717) is 18.3 Å². The van der Waals surface area contributed by atoms with Gasteiger partial charge in [0.1, 0.15) is 11.6 Å². The molecule has 0 spiro atoms. The normalized spacial score (nSPS) is 11.3. The molecule has 4 rings (SSSR count). The van der Waals surface area contributed by atoms with Crippen LogP contribution in [0.4, 0.5) is 5.82 Å². The zero-order valence-corrected chi connectivity index (χ0v) is 14.6. The molecule has 0 unspecified atom stereocenters. The largest absolute Gasteiger partial charge is 0.370 e. The van der Waals surface area contributed by atoms with Gasteiger partial charge in [-0.3, -0.25) is 4.40 Å². The number of hydrogen-bond acceptors (Lipinski definition) is 7. The Labute approximate surface area is 150 Å². The zero-order chi connectivity index (χ0) is 17.9. The van der Waals surface area contributed by atoms with Crippen molar-refractivity contribution in [2.45, 2.75) is 26.2 Å². The summed E-state index contributed by atoms with van der Waals surface area (Å²) in [4.78, 5) is 8.77. The lowest BCUT2D eigenvalue weighted by molar-refractivity contribution is 0.419. The van der Waals surface area contributed by atoms with E-state index in [2.05, 4.69) is 30.6 Å². The first-order chi connectivity index (χ1) is 12.7. The third kappa shape index (κ3) is 3.26. The molecule has 26 heavy (non-hydrogen) atoms. The Kier molecular flexibility index (Phi) is 4.30. The standard InChI is InChI=1S/C18H19N7O/c1-12(2)17-21-18(26-24-17)13-6-8-19-14(11-13)20-9-7-16-23-22-15-5-3-4-10-25(15)16/h3-6,8,10-12H,7,9H2,1-2H3,(H,19,20). The topological polar surface area (TPSA) is 94.0 Å². The molecule has 4 aromatic heterocycles. The number of hydrogen-bond donors (Lipinski definition) is 1. The monoisotopic (exact) mass is 349 g/mol. The maximum absolute atomic E-state index is 5.34. The van der Waals surface area contributed by atoms with E-state index >= 15 is 0 Å². The van der Waals surface area contributed by atoms with Crippen molar-refractivity contribution in [2.75, 3.05) is 11.9 Å². The maximum Gasteiger partial charge on any atom is 0.258 e. The van der Waals surface area contributed by atoms with Gasteiger partial charge >= 0.3 is 0 Å². The summed E-state index contributed by atoms with van der Waals surface area (Å²) in [5.41, 5.74) is 1.69. The van der Waals surface area contributed by atoms with Crippen molar-refractivity contribution in [2.24, 2.45) is 0 Å². The van der Waals surface area contributed by atoms with E-state index in [9.17, 15) is 0 Å². The van der Waals surface area contributed by atoms with Gasteiger partial charge in [0.05, 0.1) is 0 Å². The van der Waals surface area contributed by atoms with Crippen LogP contribution >= 0.6 is 0 Å². The maximum atomic E-state index is 5.34. The summed E-state index contributed by atoms with van der Waals surface area (Å²) in [6.45, 7) is 4.75. The van der Waals surface area contributed by atoms with Crippen LogP contribution in [0.1, 0.15) is 31.4 Å². The minimum Gasteiger partial charge on any atom is -0.370 e. The molecular formula is C18H19N7O. The van der Waals surface area contributed by atoms with Crippen molar-refractivity contribution < 1.29 is 4.52 Å². The summed E-state index contributed by atoms with van der Waals surface area (Å²) in [7, 11) is 0. The van der Waals surface area contributed by atoms with Gasteiger partial charge in [-0.2, -0.15) is 4.98 Å². The number of rotatable bonds is 6. The van der Waals surface area contributed by atoms with E-state index in [1.807, 2.05) is 54.8 Å². The van der Waals surface area contributed by atoms with E-state index in [1.165, 1.54) is 0 Å². The number of aromatic nitrogens is 6. The molecule has 0 saturated heterocycles. The van der Waals surface area contributed by atoms with Gasteiger partial charge in [0, 0.05) is 36.8 Å². The molecule has 132 valence electrons. The molecule has 0 aliphatic rings. The SMILES string of the molecule is CC(C)c1noc(-c2ccnc(NCCc3nnc4ccccn34)c2)n1. The van der Waals surface area contributed by atoms with E-state index in [0.717, 1.165) is 29.3 Å². The average Bonchev–Trinajstić information content (AvgIpc) is 3.30. The van der Waals surface area contributed by atoms with Crippen LogP contribution in [-0.4, -0.2) is 36.3 Å². The van der Waals surface area contributed by atoms with Crippen molar-refractivity contribution in [3.05, 3.63) is 54.4 Å². The average molecular weight is 349 g/mol. The van der Waals surface area contributed by atoms with E-state index < -0.39 is 0 Å². The van der Waals surface area contributed by atoms with Gasteiger partial charge in [-0.15, -0.1) is 10.2 Å². The molecule has 4 aromatic rings. The van der Waals surface area contributed by atoms with Crippen molar-refractivity contribution >= 4 is 11.5 Å². The molecule has 0 bridgehead atoms. The van der Waals surface area contributed by atoms with Crippen molar-refractivity contribution in [1.29, 1.82) is 0 Å². The lowest BCUT2D eigenvalue weighted by atomic mass is 10.2. The number of pyridine rings is 2. The molecule has 0 radical (unpaired) electrons. The highest BCUT2D eigenvalue weighted by atomic mass is 16.5. The fourth-order valence-electron chi connectivity index (χ4n) is 2.61. The van der Waals surface area contributed by atoms with Crippen LogP contribution in [0, 0.1) is 0 Å². The van der Waals surface area contributed by atoms with Crippen molar-refractivity contribution in [1.82, 2.24) is 29.7 Å². The quantitative estimate of drug-likeness (QED) is 0.572. The smallest absolute Gasteiger partial charge is 0.258 e. The van der Waals surface area contributed by atoms with E-state index in [4.69, 9.17) is 4.52 Å². The second kappa shape index (κ2) is 6.91. The second-order valence-electron chi connectivity index (χ2n) is 6.26. The zero-order valence-electron chi connectivity index (χ0n) is 14.6. The Bertz CT molecular complexity index is 1020. The highest BCUT2D eigenvalue weighted by Gasteiger charge is 2.12. The summed E-state index contributed by atoms with van der Waals surface area (Å²) in [5, 5.41) is 15.7. The van der Waals surface area contributed by atoms with Crippen LogP contribution in [0.3, 0.4) is 0 Å². The summed E-state index contributed by atoms with van der Waals surface area (Å²) in [6, 6.07) is 9.61. The predicted molar refractivity (Wildman–Crippen MR) is 96.8 cm³/mol. The van der Waals surface area contributed by atoms with Crippen LogP contribution in [0.5, 0.6) is 0 Å². The van der Waals surface area contributed by atoms with Gasteiger partial charge in [0.2, 0.25) is 0 Å². The van der Waals surface area contributed by atoms with E-state index in [-0.39, 0.29) is 5.92 Å². The molecule has 1 N–H and O–H groups in total. The molecular weight excluding hydrogens is 330 g/mol.